The minimum Gasteiger partial charge on any atom is -0.465 e. The second-order valence-corrected chi connectivity index (χ2v) is 7.38. The van der Waals surface area contributed by atoms with Gasteiger partial charge in [0.25, 0.3) is 5.69 Å². The molecule has 0 heterocycles. The Labute approximate surface area is 176 Å². The van der Waals surface area contributed by atoms with Crippen molar-refractivity contribution >= 4 is 46.9 Å². The highest BCUT2D eigenvalue weighted by molar-refractivity contribution is 7.99. The highest BCUT2D eigenvalue weighted by atomic mass is 35.5. The number of hydrogen-bond acceptors (Lipinski definition) is 6. The summed E-state index contributed by atoms with van der Waals surface area (Å²) in [6.07, 6.45) is 1.57. The minimum absolute atomic E-state index is 0.0204. The average Bonchev–Trinajstić information content (AvgIpc) is 2.74. The van der Waals surface area contributed by atoms with Crippen LogP contribution in [0.2, 0.25) is 5.02 Å². The van der Waals surface area contributed by atoms with Crippen LogP contribution in [0.4, 0.5) is 11.4 Å². The van der Waals surface area contributed by atoms with E-state index in [1.807, 2.05) is 12.1 Å². The fourth-order valence-corrected chi connectivity index (χ4v) is 3.44. The fraction of sp³-hybridized carbons (Fsp3) is 0.0476. The molecule has 6 nitrogen and oxygen atoms in total. The molecule has 0 unspecified atom stereocenters. The Morgan fingerprint density at radius 1 is 1.10 bits per heavy atom. The number of rotatable bonds is 6. The summed E-state index contributed by atoms with van der Waals surface area (Å²) in [5.74, 6) is -0.430. The molecule has 0 saturated carbocycles. The van der Waals surface area contributed by atoms with Crippen molar-refractivity contribution in [1.29, 1.82) is 0 Å². The molecule has 3 rings (SSSR count). The second kappa shape index (κ2) is 9.36. The molecule has 0 amide bonds. The van der Waals surface area contributed by atoms with E-state index in [9.17, 15) is 14.9 Å². The molecule has 0 N–H and O–H groups in total. The van der Waals surface area contributed by atoms with Gasteiger partial charge in [-0.15, -0.1) is 0 Å². The number of esters is 1. The largest absolute Gasteiger partial charge is 0.465 e. The number of methoxy groups -OCH3 is 1. The first-order chi connectivity index (χ1) is 14.0. The summed E-state index contributed by atoms with van der Waals surface area (Å²) < 4.78 is 4.67. The lowest BCUT2D eigenvalue weighted by Gasteiger charge is -2.06. The van der Waals surface area contributed by atoms with Gasteiger partial charge >= 0.3 is 5.97 Å². The predicted octanol–water partition coefficient (Wildman–Crippen LogP) is 5.94. The van der Waals surface area contributed by atoms with Crippen LogP contribution < -0.4 is 0 Å². The van der Waals surface area contributed by atoms with E-state index in [0.29, 0.717) is 21.8 Å². The highest BCUT2D eigenvalue weighted by Gasteiger charge is 2.11. The zero-order valence-corrected chi connectivity index (χ0v) is 16.8. The molecule has 0 aliphatic carbocycles. The molecule has 0 radical (unpaired) electrons. The zero-order valence-electron chi connectivity index (χ0n) is 15.2. The van der Waals surface area contributed by atoms with Crippen molar-refractivity contribution in [3.63, 3.8) is 0 Å². The summed E-state index contributed by atoms with van der Waals surface area (Å²) in [6.45, 7) is 0. The predicted molar refractivity (Wildman–Crippen MR) is 114 cm³/mol. The molecular weight excluding hydrogens is 412 g/mol. The van der Waals surface area contributed by atoms with Crippen molar-refractivity contribution in [2.45, 2.75) is 9.79 Å². The number of ether oxygens (including phenoxy) is 1. The zero-order chi connectivity index (χ0) is 20.8. The second-order valence-electron chi connectivity index (χ2n) is 5.83. The SMILES string of the molecule is COC(=O)c1ccc(N=Cc2cc([N+](=O)[O-])ccc2Sc2ccc(Cl)cc2)cc1. The summed E-state index contributed by atoms with van der Waals surface area (Å²) in [6, 6.07) is 18.5. The maximum Gasteiger partial charge on any atom is 0.337 e. The Hall–Kier alpha value is -3.16. The van der Waals surface area contributed by atoms with Crippen molar-refractivity contribution in [2.75, 3.05) is 7.11 Å². The summed E-state index contributed by atoms with van der Waals surface area (Å²) in [7, 11) is 1.32. The van der Waals surface area contributed by atoms with Gasteiger partial charge in [-0.3, -0.25) is 15.1 Å². The molecule has 146 valence electrons. The van der Waals surface area contributed by atoms with Gasteiger partial charge in [-0.05, 0) is 54.6 Å². The Kier molecular flexibility index (Phi) is 6.64. The molecular formula is C21H15ClN2O4S. The molecule has 0 aromatic heterocycles. The third-order valence-electron chi connectivity index (χ3n) is 3.89. The number of non-ortho nitro benzene ring substituents is 1. The van der Waals surface area contributed by atoms with Gasteiger partial charge in [0.15, 0.2) is 0 Å². The van der Waals surface area contributed by atoms with Crippen molar-refractivity contribution < 1.29 is 14.5 Å². The van der Waals surface area contributed by atoms with E-state index in [-0.39, 0.29) is 5.69 Å². The smallest absolute Gasteiger partial charge is 0.337 e. The van der Waals surface area contributed by atoms with E-state index in [1.54, 1.807) is 48.7 Å². The van der Waals surface area contributed by atoms with Crippen LogP contribution in [-0.2, 0) is 4.74 Å². The van der Waals surface area contributed by atoms with Crippen LogP contribution in [0.1, 0.15) is 15.9 Å². The topological polar surface area (TPSA) is 81.8 Å². The van der Waals surface area contributed by atoms with Crippen LogP contribution in [0.15, 0.2) is 81.5 Å². The van der Waals surface area contributed by atoms with Crippen LogP contribution >= 0.6 is 23.4 Å². The number of carbonyl (C=O) groups excluding carboxylic acids is 1. The fourth-order valence-electron chi connectivity index (χ4n) is 2.42. The molecule has 0 bridgehead atoms. The summed E-state index contributed by atoms with van der Waals surface area (Å²) in [5.41, 5.74) is 1.61. The van der Waals surface area contributed by atoms with E-state index in [2.05, 4.69) is 9.73 Å². The third-order valence-corrected chi connectivity index (χ3v) is 5.24. The van der Waals surface area contributed by atoms with Crippen molar-refractivity contribution in [1.82, 2.24) is 0 Å². The van der Waals surface area contributed by atoms with Crippen molar-refractivity contribution in [3.8, 4) is 0 Å². The lowest BCUT2D eigenvalue weighted by Crippen LogP contribution is -1.99. The van der Waals surface area contributed by atoms with E-state index in [4.69, 9.17) is 11.6 Å². The van der Waals surface area contributed by atoms with E-state index >= 15 is 0 Å². The van der Waals surface area contributed by atoms with E-state index in [0.717, 1.165) is 9.79 Å². The van der Waals surface area contributed by atoms with Crippen LogP contribution in [0.3, 0.4) is 0 Å². The van der Waals surface area contributed by atoms with Crippen LogP contribution in [0.25, 0.3) is 0 Å². The molecule has 29 heavy (non-hydrogen) atoms. The van der Waals surface area contributed by atoms with Crippen LogP contribution in [0.5, 0.6) is 0 Å². The van der Waals surface area contributed by atoms with E-state index < -0.39 is 10.9 Å². The molecule has 0 atom stereocenters. The maximum atomic E-state index is 11.5. The number of nitrogens with zero attached hydrogens (tertiary/aromatic N) is 2. The number of carbonyl (C=O) groups is 1. The minimum atomic E-state index is -0.445. The van der Waals surface area contributed by atoms with Crippen LogP contribution in [0, 0.1) is 10.1 Å². The van der Waals surface area contributed by atoms with Gasteiger partial charge in [-0.25, -0.2) is 4.79 Å². The first-order valence-electron chi connectivity index (χ1n) is 8.40. The average molecular weight is 427 g/mol. The standard InChI is InChI=1S/C21H15ClN2O4S/c1-28-21(25)14-2-6-17(7-3-14)23-13-15-12-18(24(26)27)8-11-20(15)29-19-9-4-16(22)5-10-19/h2-13H,1H3. The van der Waals surface area contributed by atoms with Crippen LogP contribution in [-0.4, -0.2) is 24.2 Å². The molecule has 3 aromatic carbocycles. The Balaban J connectivity index is 1.90. The molecule has 0 aliphatic heterocycles. The van der Waals surface area contributed by atoms with Gasteiger partial charge in [0.05, 0.1) is 23.3 Å². The van der Waals surface area contributed by atoms with Crippen molar-refractivity contribution in [2.24, 2.45) is 4.99 Å². The summed E-state index contributed by atoms with van der Waals surface area (Å²) >= 11 is 7.38. The quantitative estimate of drug-likeness (QED) is 0.211. The molecule has 0 saturated heterocycles. The number of halogens is 1. The maximum absolute atomic E-state index is 11.5. The van der Waals surface area contributed by atoms with Gasteiger partial charge in [-0.1, -0.05) is 23.4 Å². The number of nitro benzene ring substituents is 1. The lowest BCUT2D eigenvalue weighted by atomic mass is 10.2. The molecule has 0 fully saturated rings. The lowest BCUT2D eigenvalue weighted by molar-refractivity contribution is -0.384. The van der Waals surface area contributed by atoms with Gasteiger partial charge in [0.1, 0.15) is 0 Å². The van der Waals surface area contributed by atoms with Gasteiger partial charge < -0.3 is 4.74 Å². The van der Waals surface area contributed by atoms with E-state index in [1.165, 1.54) is 31.0 Å². The van der Waals surface area contributed by atoms with Gasteiger partial charge in [0, 0.05) is 38.7 Å². The third kappa shape index (κ3) is 5.43. The Bertz CT molecular complexity index is 1070. The highest BCUT2D eigenvalue weighted by Crippen LogP contribution is 2.32. The number of benzene rings is 3. The molecule has 0 spiro atoms. The number of nitro groups is 1. The normalized spacial score (nSPS) is 10.8. The first-order valence-corrected chi connectivity index (χ1v) is 9.60. The molecule has 0 aliphatic rings. The van der Waals surface area contributed by atoms with Crippen molar-refractivity contribution in [3.05, 3.63) is 93.0 Å². The summed E-state index contributed by atoms with van der Waals surface area (Å²) in [4.78, 5) is 28.4. The monoisotopic (exact) mass is 426 g/mol. The number of aliphatic imine (C=N–C) groups is 1. The Morgan fingerprint density at radius 2 is 1.79 bits per heavy atom. The van der Waals surface area contributed by atoms with Gasteiger partial charge in [-0.2, -0.15) is 0 Å². The first kappa shape index (κ1) is 20.6. The molecule has 8 heteroatoms. The molecule has 3 aromatic rings. The summed E-state index contributed by atoms with van der Waals surface area (Å²) in [5, 5.41) is 11.8. The Morgan fingerprint density at radius 3 is 2.41 bits per heavy atom. The van der Waals surface area contributed by atoms with Gasteiger partial charge in [0.2, 0.25) is 0 Å². The number of hydrogen-bond donors (Lipinski definition) is 0.